The molecule has 1 heteroatoms. The van der Waals surface area contributed by atoms with E-state index in [0.717, 1.165) is 5.57 Å². The van der Waals surface area contributed by atoms with E-state index in [1.54, 1.807) is 0 Å². The van der Waals surface area contributed by atoms with Crippen LogP contribution in [0.3, 0.4) is 0 Å². The molecule has 1 aliphatic carbocycles. The summed E-state index contributed by atoms with van der Waals surface area (Å²) in [7, 11) is 0. The number of rotatable bonds is 1. The Balaban J connectivity index is 2.34. The van der Waals surface area contributed by atoms with Crippen LogP contribution in [0, 0.1) is 6.92 Å². The molecule has 0 bridgehead atoms. The molecular weight excluding hydrogens is 184 g/mol. The zero-order valence-corrected chi connectivity index (χ0v) is 8.72. The lowest BCUT2D eigenvalue weighted by atomic mass is 9.88. The van der Waals surface area contributed by atoms with Crippen molar-refractivity contribution in [2.45, 2.75) is 12.8 Å². The van der Waals surface area contributed by atoms with E-state index in [4.69, 9.17) is 5.11 Å². The van der Waals surface area contributed by atoms with Gasteiger partial charge in [0.1, 0.15) is 0 Å². The van der Waals surface area contributed by atoms with Crippen molar-refractivity contribution < 1.29 is 5.11 Å². The summed E-state index contributed by atoms with van der Waals surface area (Å²) in [6, 6.07) is 8.40. The largest absolute Gasteiger partial charge is 0.515 e. The maximum Gasteiger partial charge on any atom is 0.0833 e. The second-order valence-electron chi connectivity index (χ2n) is 3.76. The van der Waals surface area contributed by atoms with Crippen LogP contribution < -0.4 is 0 Å². The van der Waals surface area contributed by atoms with Crippen LogP contribution in [0.2, 0.25) is 0 Å². The first-order valence-corrected chi connectivity index (χ1v) is 5.07. The molecule has 1 unspecified atom stereocenters. The maximum atomic E-state index is 9.13. The molecule has 1 aliphatic rings. The van der Waals surface area contributed by atoms with Crippen molar-refractivity contribution in [3.05, 3.63) is 71.5 Å². The molecule has 0 aliphatic heterocycles. The highest BCUT2D eigenvalue weighted by atomic mass is 16.2. The summed E-state index contributed by atoms with van der Waals surface area (Å²) in [5.74, 6) is 0.181. The van der Waals surface area contributed by atoms with E-state index < -0.39 is 0 Å². The second-order valence-corrected chi connectivity index (χ2v) is 3.76. The Morgan fingerprint density at radius 3 is 2.53 bits per heavy atom. The van der Waals surface area contributed by atoms with Gasteiger partial charge in [-0.15, -0.1) is 0 Å². The van der Waals surface area contributed by atoms with Crippen LogP contribution in [0.25, 0.3) is 0 Å². The van der Waals surface area contributed by atoms with Crippen molar-refractivity contribution in [3.63, 3.8) is 0 Å². The predicted molar refractivity (Wildman–Crippen MR) is 62.9 cm³/mol. The number of benzene rings is 1. The van der Waals surface area contributed by atoms with Crippen molar-refractivity contribution in [2.24, 2.45) is 0 Å². The summed E-state index contributed by atoms with van der Waals surface area (Å²) in [5, 5.41) is 9.13. The van der Waals surface area contributed by atoms with Crippen LogP contribution in [-0.2, 0) is 0 Å². The number of hydrogen-bond donors (Lipinski definition) is 1. The highest BCUT2D eigenvalue weighted by molar-refractivity contribution is 5.43. The summed E-state index contributed by atoms with van der Waals surface area (Å²) < 4.78 is 0. The highest BCUT2D eigenvalue weighted by Crippen LogP contribution is 2.29. The predicted octanol–water partition coefficient (Wildman–Crippen LogP) is 3.65. The third-order valence-corrected chi connectivity index (χ3v) is 2.65. The summed E-state index contributed by atoms with van der Waals surface area (Å²) >= 11 is 0. The average Bonchev–Trinajstić information content (AvgIpc) is 2.30. The Morgan fingerprint density at radius 2 is 1.87 bits per heavy atom. The Bertz CT molecular complexity index is 421. The Hall–Kier alpha value is -1.76. The molecule has 0 spiro atoms. The molecule has 1 aromatic rings. The van der Waals surface area contributed by atoms with Crippen LogP contribution in [0.5, 0.6) is 0 Å². The molecule has 1 nitrogen and oxygen atoms in total. The third-order valence-electron chi connectivity index (χ3n) is 2.65. The maximum absolute atomic E-state index is 9.13. The molecule has 0 fully saturated rings. The van der Waals surface area contributed by atoms with Crippen molar-refractivity contribution in [3.8, 4) is 0 Å². The first-order chi connectivity index (χ1) is 7.31. The van der Waals surface area contributed by atoms with E-state index in [1.807, 2.05) is 18.2 Å². The van der Waals surface area contributed by atoms with Crippen molar-refractivity contribution >= 4 is 0 Å². The van der Waals surface area contributed by atoms with E-state index in [-0.39, 0.29) is 5.92 Å². The molecular formula is C14H14O. The van der Waals surface area contributed by atoms with E-state index >= 15 is 0 Å². The monoisotopic (exact) mass is 198 g/mol. The lowest BCUT2D eigenvalue weighted by molar-refractivity contribution is 0.466. The standard InChI is InChI=1S/C14H14O/c1-11-6-8-12(9-7-11)14-5-3-2-4-13(14)10-15/h2-10,14-15H,1H3/b13-10+. The Morgan fingerprint density at radius 1 is 1.13 bits per heavy atom. The van der Waals surface area contributed by atoms with Gasteiger partial charge in [0.25, 0.3) is 0 Å². The van der Waals surface area contributed by atoms with Crippen LogP contribution >= 0.6 is 0 Å². The minimum absolute atomic E-state index is 0.181. The van der Waals surface area contributed by atoms with Gasteiger partial charge in [0.05, 0.1) is 6.26 Å². The zero-order valence-electron chi connectivity index (χ0n) is 8.72. The van der Waals surface area contributed by atoms with Crippen molar-refractivity contribution in [2.75, 3.05) is 0 Å². The molecule has 76 valence electrons. The van der Waals surface area contributed by atoms with Crippen LogP contribution in [-0.4, -0.2) is 5.11 Å². The Kier molecular flexibility index (Phi) is 2.72. The fraction of sp³-hybridized carbons (Fsp3) is 0.143. The second kappa shape index (κ2) is 4.18. The number of hydrogen-bond acceptors (Lipinski definition) is 1. The molecule has 0 radical (unpaired) electrons. The SMILES string of the molecule is Cc1ccc(C2C=CC=C/C2=C\O)cc1. The minimum Gasteiger partial charge on any atom is -0.515 e. The molecule has 0 saturated heterocycles. The van der Waals surface area contributed by atoms with Gasteiger partial charge in [0, 0.05) is 5.92 Å². The first-order valence-electron chi connectivity index (χ1n) is 5.07. The average molecular weight is 198 g/mol. The summed E-state index contributed by atoms with van der Waals surface area (Å²) in [6.07, 6.45) is 9.16. The number of aliphatic hydroxyl groups excluding tert-OH is 1. The molecule has 0 aromatic heterocycles. The number of aryl methyl sites for hydroxylation is 1. The van der Waals surface area contributed by atoms with E-state index in [0.29, 0.717) is 0 Å². The van der Waals surface area contributed by atoms with Gasteiger partial charge in [-0.3, -0.25) is 0 Å². The molecule has 2 rings (SSSR count). The van der Waals surface area contributed by atoms with E-state index in [9.17, 15) is 0 Å². The summed E-state index contributed by atoms with van der Waals surface area (Å²) in [4.78, 5) is 0. The quantitative estimate of drug-likeness (QED) is 0.683. The lowest BCUT2D eigenvalue weighted by Gasteiger charge is -2.16. The highest BCUT2D eigenvalue weighted by Gasteiger charge is 2.13. The summed E-state index contributed by atoms with van der Waals surface area (Å²) in [6.45, 7) is 2.07. The zero-order chi connectivity index (χ0) is 10.7. The molecule has 1 atom stereocenters. The molecule has 1 N–H and O–H groups in total. The third kappa shape index (κ3) is 2.01. The lowest BCUT2D eigenvalue weighted by Crippen LogP contribution is -2.00. The van der Waals surface area contributed by atoms with Crippen LogP contribution in [0.15, 0.2) is 60.4 Å². The van der Waals surface area contributed by atoms with Gasteiger partial charge < -0.3 is 5.11 Å². The number of aliphatic hydroxyl groups is 1. The van der Waals surface area contributed by atoms with Crippen molar-refractivity contribution in [1.82, 2.24) is 0 Å². The molecule has 15 heavy (non-hydrogen) atoms. The normalized spacial score (nSPS) is 22.2. The summed E-state index contributed by atoms with van der Waals surface area (Å²) in [5.41, 5.74) is 3.39. The van der Waals surface area contributed by atoms with E-state index in [1.165, 1.54) is 17.4 Å². The fourth-order valence-electron chi connectivity index (χ4n) is 1.76. The van der Waals surface area contributed by atoms with Crippen molar-refractivity contribution in [1.29, 1.82) is 0 Å². The number of allylic oxidation sites excluding steroid dienone is 5. The van der Waals surface area contributed by atoms with Gasteiger partial charge in [-0.1, -0.05) is 54.1 Å². The van der Waals surface area contributed by atoms with Crippen LogP contribution in [0.4, 0.5) is 0 Å². The van der Waals surface area contributed by atoms with Gasteiger partial charge >= 0.3 is 0 Å². The first kappa shape index (κ1) is 9.78. The minimum atomic E-state index is 0.181. The van der Waals surface area contributed by atoms with Gasteiger partial charge in [-0.25, -0.2) is 0 Å². The van der Waals surface area contributed by atoms with Gasteiger partial charge in [0.2, 0.25) is 0 Å². The van der Waals surface area contributed by atoms with Gasteiger partial charge in [0.15, 0.2) is 0 Å². The Labute approximate surface area is 90.1 Å². The fourth-order valence-corrected chi connectivity index (χ4v) is 1.76. The molecule has 1 aromatic carbocycles. The van der Waals surface area contributed by atoms with Crippen LogP contribution in [0.1, 0.15) is 17.0 Å². The molecule has 0 amide bonds. The van der Waals surface area contributed by atoms with Gasteiger partial charge in [-0.2, -0.15) is 0 Å². The van der Waals surface area contributed by atoms with Gasteiger partial charge in [-0.05, 0) is 18.1 Å². The van der Waals surface area contributed by atoms with E-state index in [2.05, 4.69) is 37.3 Å². The smallest absolute Gasteiger partial charge is 0.0833 e. The molecule has 0 saturated carbocycles. The topological polar surface area (TPSA) is 20.2 Å². The molecule has 0 heterocycles.